The van der Waals surface area contributed by atoms with Crippen molar-refractivity contribution in [2.24, 2.45) is 0 Å². The van der Waals surface area contributed by atoms with Gasteiger partial charge in [-0.05, 0) is 26.0 Å². The molecule has 2 N–H and O–H groups in total. The summed E-state index contributed by atoms with van der Waals surface area (Å²) in [5, 5.41) is 11.8. The highest BCUT2D eigenvalue weighted by Crippen LogP contribution is 2.12. The number of hydrogen-bond acceptors (Lipinski definition) is 6. The summed E-state index contributed by atoms with van der Waals surface area (Å²) in [5.41, 5.74) is 0.892. The molecule has 18 heavy (non-hydrogen) atoms. The second-order valence-electron chi connectivity index (χ2n) is 3.72. The van der Waals surface area contributed by atoms with Gasteiger partial charge in [-0.1, -0.05) is 0 Å². The maximum absolute atomic E-state index is 8.65. The smallest absolute Gasteiger partial charge is 0.226 e. The number of aliphatic hydroxyl groups is 1. The number of nitrogens with one attached hydrogen (secondary N) is 1. The maximum atomic E-state index is 8.65. The molecule has 0 bridgehead atoms. The minimum Gasteiger partial charge on any atom is -0.478 e. The Morgan fingerprint density at radius 2 is 2.22 bits per heavy atom. The predicted octanol–water partition coefficient (Wildman–Crippen LogP) is 1.71. The molecule has 0 atom stereocenters. The molecule has 0 saturated carbocycles. The van der Waals surface area contributed by atoms with Crippen LogP contribution in [-0.2, 0) is 0 Å². The molecule has 0 aliphatic heterocycles. The third-order valence-corrected chi connectivity index (χ3v) is 3.17. The number of hydrogen-bond donors (Lipinski definition) is 2. The van der Waals surface area contributed by atoms with Crippen LogP contribution in [0.2, 0.25) is 0 Å². The van der Waals surface area contributed by atoms with Crippen molar-refractivity contribution in [1.29, 1.82) is 0 Å². The Balaban J connectivity index is 2.32. The molecule has 0 aromatic carbocycles. The van der Waals surface area contributed by atoms with Crippen LogP contribution in [0.25, 0.3) is 0 Å². The molecule has 0 fully saturated rings. The molecule has 0 amide bonds. The minimum atomic E-state index is 0.263. The number of anilines is 1. The van der Waals surface area contributed by atoms with Crippen LogP contribution in [0.3, 0.4) is 0 Å². The number of thioether (sulfide) groups is 1. The standard InChI is InChI=1S/C12H21N3O2S/c1-3-17-11-9-10(2)14-12(15-11)13-5-8-18-7-4-6-16/h9,16H,3-8H2,1-2H3,(H,13,14,15). The Labute approximate surface area is 112 Å². The first-order chi connectivity index (χ1) is 8.76. The zero-order valence-corrected chi connectivity index (χ0v) is 11.8. The highest BCUT2D eigenvalue weighted by atomic mass is 32.2. The van der Waals surface area contributed by atoms with Crippen LogP contribution in [0, 0.1) is 6.92 Å². The van der Waals surface area contributed by atoms with Gasteiger partial charge in [0.25, 0.3) is 0 Å². The van der Waals surface area contributed by atoms with Crippen LogP contribution in [0.15, 0.2) is 6.07 Å². The molecule has 0 spiro atoms. The lowest BCUT2D eigenvalue weighted by atomic mass is 10.4. The van der Waals surface area contributed by atoms with E-state index in [1.165, 1.54) is 0 Å². The summed E-state index contributed by atoms with van der Waals surface area (Å²) >= 11 is 1.81. The van der Waals surface area contributed by atoms with Crippen LogP contribution < -0.4 is 10.1 Å². The Bertz CT molecular complexity index is 350. The first kappa shape index (κ1) is 15.0. The highest BCUT2D eigenvalue weighted by molar-refractivity contribution is 7.99. The summed E-state index contributed by atoms with van der Waals surface area (Å²) in [4.78, 5) is 8.56. The van der Waals surface area contributed by atoms with Crippen LogP contribution >= 0.6 is 11.8 Å². The number of aliphatic hydroxyl groups excluding tert-OH is 1. The summed E-state index contributed by atoms with van der Waals surface area (Å²) in [5.74, 6) is 3.18. The summed E-state index contributed by atoms with van der Waals surface area (Å²) in [6.07, 6.45) is 0.847. The van der Waals surface area contributed by atoms with Crippen molar-refractivity contribution in [2.45, 2.75) is 20.3 Å². The molecule has 1 aromatic heterocycles. The van der Waals surface area contributed by atoms with Gasteiger partial charge in [0.1, 0.15) is 0 Å². The lowest BCUT2D eigenvalue weighted by Crippen LogP contribution is -2.09. The lowest BCUT2D eigenvalue weighted by molar-refractivity contribution is 0.296. The Morgan fingerprint density at radius 1 is 1.39 bits per heavy atom. The first-order valence-corrected chi connectivity index (χ1v) is 7.32. The summed E-state index contributed by atoms with van der Waals surface area (Å²) in [6, 6.07) is 1.82. The molecule has 0 radical (unpaired) electrons. The maximum Gasteiger partial charge on any atom is 0.226 e. The van der Waals surface area contributed by atoms with Gasteiger partial charge in [0, 0.05) is 30.7 Å². The van der Waals surface area contributed by atoms with Crippen LogP contribution in [0.4, 0.5) is 5.95 Å². The van der Waals surface area contributed by atoms with Crippen molar-refractivity contribution in [3.05, 3.63) is 11.8 Å². The fraction of sp³-hybridized carbons (Fsp3) is 0.667. The van der Waals surface area contributed by atoms with Crippen LogP contribution in [-0.4, -0.2) is 46.3 Å². The first-order valence-electron chi connectivity index (χ1n) is 6.17. The van der Waals surface area contributed by atoms with Crippen molar-refractivity contribution in [3.63, 3.8) is 0 Å². The van der Waals surface area contributed by atoms with E-state index in [-0.39, 0.29) is 6.61 Å². The number of nitrogens with zero attached hydrogens (tertiary/aromatic N) is 2. The van der Waals surface area contributed by atoms with Gasteiger partial charge in [-0.15, -0.1) is 0 Å². The summed E-state index contributed by atoms with van der Waals surface area (Å²) in [6.45, 7) is 5.53. The van der Waals surface area contributed by atoms with E-state index in [1.54, 1.807) is 11.8 Å². The van der Waals surface area contributed by atoms with Gasteiger partial charge in [0.05, 0.1) is 6.61 Å². The van der Waals surface area contributed by atoms with E-state index in [9.17, 15) is 0 Å². The molecule has 1 aromatic rings. The second-order valence-corrected chi connectivity index (χ2v) is 4.95. The molecule has 0 aliphatic rings. The number of ether oxygens (including phenoxy) is 1. The molecule has 0 aliphatic carbocycles. The van der Waals surface area contributed by atoms with E-state index < -0.39 is 0 Å². The van der Waals surface area contributed by atoms with Gasteiger partial charge >= 0.3 is 0 Å². The molecule has 0 unspecified atom stereocenters. The van der Waals surface area contributed by atoms with Gasteiger partial charge in [-0.25, -0.2) is 4.98 Å². The second kappa shape index (κ2) is 8.99. The molecule has 1 rings (SSSR count). The molecule has 1 heterocycles. The van der Waals surface area contributed by atoms with E-state index in [2.05, 4.69) is 15.3 Å². The SMILES string of the molecule is CCOc1cc(C)nc(NCCSCCCO)n1. The van der Waals surface area contributed by atoms with Crippen molar-refractivity contribution < 1.29 is 9.84 Å². The topological polar surface area (TPSA) is 67.3 Å². The Kier molecular flexibility index (Phi) is 7.52. The lowest BCUT2D eigenvalue weighted by Gasteiger charge is -2.08. The monoisotopic (exact) mass is 271 g/mol. The minimum absolute atomic E-state index is 0.263. The molecular weight excluding hydrogens is 250 g/mol. The third kappa shape index (κ3) is 6.07. The average molecular weight is 271 g/mol. The van der Waals surface area contributed by atoms with Gasteiger partial charge < -0.3 is 15.2 Å². The van der Waals surface area contributed by atoms with Gasteiger partial charge in [0.2, 0.25) is 11.8 Å². The van der Waals surface area contributed by atoms with Gasteiger partial charge in [-0.3, -0.25) is 0 Å². The molecule has 5 nitrogen and oxygen atoms in total. The fourth-order valence-electron chi connectivity index (χ4n) is 1.34. The third-order valence-electron chi connectivity index (χ3n) is 2.10. The van der Waals surface area contributed by atoms with Crippen LogP contribution in [0.1, 0.15) is 19.0 Å². The Hall–Kier alpha value is -1.01. The van der Waals surface area contributed by atoms with E-state index in [4.69, 9.17) is 9.84 Å². The number of aryl methyl sites for hydroxylation is 1. The zero-order valence-electron chi connectivity index (χ0n) is 11.0. The molecular formula is C12H21N3O2S. The van der Waals surface area contributed by atoms with Gasteiger partial charge in [-0.2, -0.15) is 16.7 Å². The predicted molar refractivity (Wildman–Crippen MR) is 75.5 cm³/mol. The van der Waals surface area contributed by atoms with Gasteiger partial charge in [0.15, 0.2) is 0 Å². The number of rotatable bonds is 9. The van der Waals surface area contributed by atoms with E-state index in [1.807, 2.05) is 19.9 Å². The summed E-state index contributed by atoms with van der Waals surface area (Å²) < 4.78 is 5.36. The van der Waals surface area contributed by atoms with Crippen molar-refractivity contribution >= 4 is 17.7 Å². The highest BCUT2D eigenvalue weighted by Gasteiger charge is 2.02. The largest absolute Gasteiger partial charge is 0.478 e. The van der Waals surface area contributed by atoms with Crippen molar-refractivity contribution in [2.75, 3.05) is 36.6 Å². The molecule has 6 heteroatoms. The average Bonchev–Trinajstić information content (AvgIpc) is 2.33. The quantitative estimate of drug-likeness (QED) is 0.667. The van der Waals surface area contributed by atoms with E-state index >= 15 is 0 Å². The van der Waals surface area contributed by atoms with Crippen molar-refractivity contribution in [3.8, 4) is 5.88 Å². The van der Waals surface area contributed by atoms with E-state index in [0.29, 0.717) is 18.4 Å². The van der Waals surface area contributed by atoms with Crippen LogP contribution in [0.5, 0.6) is 5.88 Å². The molecule has 0 saturated heterocycles. The molecule has 102 valence electrons. The number of aromatic nitrogens is 2. The zero-order chi connectivity index (χ0) is 13.2. The van der Waals surface area contributed by atoms with Crippen molar-refractivity contribution in [1.82, 2.24) is 9.97 Å². The Morgan fingerprint density at radius 3 is 2.94 bits per heavy atom. The van der Waals surface area contributed by atoms with E-state index in [0.717, 1.165) is 30.2 Å². The summed E-state index contributed by atoms with van der Waals surface area (Å²) in [7, 11) is 0. The normalized spacial score (nSPS) is 10.4. The fourth-order valence-corrected chi connectivity index (χ4v) is 2.13.